The average Bonchev–Trinajstić information content (AvgIpc) is 2.89. The van der Waals surface area contributed by atoms with Gasteiger partial charge in [0.15, 0.2) is 0 Å². The Balaban J connectivity index is 1.99. The predicted molar refractivity (Wildman–Crippen MR) is 64.2 cm³/mol. The molecule has 1 aliphatic rings. The number of nitrogens with one attached hydrogen (secondary N) is 1. The zero-order valence-corrected chi connectivity index (χ0v) is 10.5. The molecule has 1 saturated heterocycles. The molecule has 1 aromatic heterocycles. The van der Waals surface area contributed by atoms with E-state index in [-0.39, 0.29) is 11.3 Å². The van der Waals surface area contributed by atoms with Crippen molar-refractivity contribution in [1.29, 1.82) is 0 Å². The van der Waals surface area contributed by atoms with Gasteiger partial charge in [-0.25, -0.2) is 4.98 Å². The Morgan fingerprint density at radius 1 is 1.75 bits per heavy atom. The Kier molecular flexibility index (Phi) is 3.25. The third kappa shape index (κ3) is 2.25. The van der Waals surface area contributed by atoms with Crippen molar-refractivity contribution in [2.45, 2.75) is 19.9 Å². The van der Waals surface area contributed by atoms with Gasteiger partial charge in [0.05, 0.1) is 23.2 Å². The Labute approximate surface area is 99.7 Å². The molecule has 1 amide bonds. The molecule has 4 nitrogen and oxygen atoms in total. The lowest BCUT2D eigenvalue weighted by Gasteiger charge is -2.27. The van der Waals surface area contributed by atoms with Gasteiger partial charge in [0, 0.05) is 19.0 Å². The second-order valence-electron chi connectivity index (χ2n) is 4.63. The monoisotopic (exact) mass is 239 g/mol. The standard InChI is InChI=1S/C11H17N3OS/c1-11(3-4-12-7-11)10(15)14(2)5-9-6-16-8-13-9/h6,8,12H,3-5,7H2,1-2H3. The molecule has 88 valence electrons. The summed E-state index contributed by atoms with van der Waals surface area (Å²) in [7, 11) is 1.85. The maximum Gasteiger partial charge on any atom is 0.229 e. The molecule has 5 heteroatoms. The molecule has 16 heavy (non-hydrogen) atoms. The molecule has 1 aromatic rings. The fourth-order valence-electron chi connectivity index (χ4n) is 2.09. The molecule has 1 fully saturated rings. The van der Waals surface area contributed by atoms with Crippen LogP contribution in [0.3, 0.4) is 0 Å². The summed E-state index contributed by atoms with van der Waals surface area (Å²) in [6.45, 7) is 4.37. The molecule has 0 radical (unpaired) electrons. The van der Waals surface area contributed by atoms with E-state index in [1.807, 2.05) is 19.4 Å². The number of carbonyl (C=O) groups excluding carboxylic acids is 1. The zero-order chi connectivity index (χ0) is 11.6. The number of nitrogens with zero attached hydrogens (tertiary/aromatic N) is 2. The Hall–Kier alpha value is -0.940. The highest BCUT2D eigenvalue weighted by atomic mass is 32.1. The number of amides is 1. The third-order valence-electron chi connectivity index (χ3n) is 3.11. The van der Waals surface area contributed by atoms with E-state index >= 15 is 0 Å². The number of hydrogen-bond donors (Lipinski definition) is 1. The summed E-state index contributed by atoms with van der Waals surface area (Å²) in [5.74, 6) is 0.213. The van der Waals surface area contributed by atoms with Crippen LogP contribution >= 0.6 is 11.3 Å². The van der Waals surface area contributed by atoms with Gasteiger partial charge in [-0.3, -0.25) is 4.79 Å². The molecule has 0 aromatic carbocycles. The molecule has 1 unspecified atom stereocenters. The van der Waals surface area contributed by atoms with Gasteiger partial charge in [0.2, 0.25) is 5.91 Å². The summed E-state index contributed by atoms with van der Waals surface area (Å²) >= 11 is 1.56. The average molecular weight is 239 g/mol. The van der Waals surface area contributed by atoms with Crippen molar-refractivity contribution < 1.29 is 4.79 Å². The number of hydrogen-bond acceptors (Lipinski definition) is 4. The smallest absolute Gasteiger partial charge is 0.229 e. The molecule has 1 atom stereocenters. The van der Waals surface area contributed by atoms with E-state index in [0.29, 0.717) is 6.54 Å². The molecule has 1 N–H and O–H groups in total. The van der Waals surface area contributed by atoms with E-state index in [0.717, 1.165) is 25.2 Å². The van der Waals surface area contributed by atoms with Crippen LogP contribution in [-0.2, 0) is 11.3 Å². The predicted octanol–water partition coefficient (Wildman–Crippen LogP) is 1.10. The topological polar surface area (TPSA) is 45.2 Å². The zero-order valence-electron chi connectivity index (χ0n) is 9.69. The lowest BCUT2D eigenvalue weighted by Crippen LogP contribution is -2.41. The fraction of sp³-hybridized carbons (Fsp3) is 0.636. The first-order valence-corrected chi connectivity index (χ1v) is 6.39. The molecule has 0 spiro atoms. The quantitative estimate of drug-likeness (QED) is 0.859. The highest BCUT2D eigenvalue weighted by Crippen LogP contribution is 2.27. The van der Waals surface area contributed by atoms with Crippen molar-refractivity contribution in [3.8, 4) is 0 Å². The van der Waals surface area contributed by atoms with Crippen LogP contribution in [0.5, 0.6) is 0 Å². The van der Waals surface area contributed by atoms with Gasteiger partial charge in [0.25, 0.3) is 0 Å². The largest absolute Gasteiger partial charge is 0.339 e. The van der Waals surface area contributed by atoms with Gasteiger partial charge in [0.1, 0.15) is 0 Å². The van der Waals surface area contributed by atoms with Crippen molar-refractivity contribution in [2.24, 2.45) is 5.41 Å². The summed E-state index contributed by atoms with van der Waals surface area (Å²) in [4.78, 5) is 18.2. The number of aromatic nitrogens is 1. The first-order chi connectivity index (χ1) is 7.62. The summed E-state index contributed by atoms with van der Waals surface area (Å²) in [6, 6.07) is 0. The van der Waals surface area contributed by atoms with Crippen LogP contribution in [0, 0.1) is 5.41 Å². The minimum atomic E-state index is -0.231. The Morgan fingerprint density at radius 3 is 3.12 bits per heavy atom. The number of carbonyl (C=O) groups is 1. The molecule has 2 rings (SSSR count). The summed E-state index contributed by atoms with van der Waals surface area (Å²) < 4.78 is 0. The summed E-state index contributed by atoms with van der Waals surface area (Å²) in [5.41, 5.74) is 2.53. The molecular weight excluding hydrogens is 222 g/mol. The van der Waals surface area contributed by atoms with Crippen molar-refractivity contribution in [3.63, 3.8) is 0 Å². The van der Waals surface area contributed by atoms with Crippen LogP contribution in [0.25, 0.3) is 0 Å². The first-order valence-electron chi connectivity index (χ1n) is 5.45. The van der Waals surface area contributed by atoms with E-state index in [2.05, 4.69) is 10.3 Å². The van der Waals surface area contributed by atoms with Crippen LogP contribution < -0.4 is 5.32 Å². The van der Waals surface area contributed by atoms with Gasteiger partial charge in [-0.1, -0.05) is 0 Å². The van der Waals surface area contributed by atoms with Gasteiger partial charge in [-0.05, 0) is 19.9 Å². The summed E-state index contributed by atoms with van der Waals surface area (Å²) in [5, 5.41) is 5.23. The first kappa shape index (κ1) is 11.5. The lowest BCUT2D eigenvalue weighted by molar-refractivity contribution is -0.139. The maximum atomic E-state index is 12.3. The van der Waals surface area contributed by atoms with Gasteiger partial charge < -0.3 is 10.2 Å². The molecule has 1 aliphatic heterocycles. The van der Waals surface area contributed by atoms with Crippen LogP contribution in [0.4, 0.5) is 0 Å². The molecular formula is C11H17N3OS. The second kappa shape index (κ2) is 4.51. The van der Waals surface area contributed by atoms with Crippen molar-refractivity contribution in [1.82, 2.24) is 15.2 Å². The van der Waals surface area contributed by atoms with E-state index in [9.17, 15) is 4.79 Å². The second-order valence-corrected chi connectivity index (χ2v) is 5.35. The molecule has 2 heterocycles. The Bertz CT molecular complexity index is 357. The van der Waals surface area contributed by atoms with Crippen LogP contribution in [0.1, 0.15) is 19.0 Å². The van der Waals surface area contributed by atoms with E-state index in [1.54, 1.807) is 21.7 Å². The highest BCUT2D eigenvalue weighted by molar-refractivity contribution is 7.07. The van der Waals surface area contributed by atoms with E-state index in [1.165, 1.54) is 0 Å². The van der Waals surface area contributed by atoms with Gasteiger partial charge >= 0.3 is 0 Å². The normalized spacial score (nSPS) is 24.6. The molecule has 0 aliphatic carbocycles. The van der Waals surface area contributed by atoms with Gasteiger partial charge in [-0.15, -0.1) is 11.3 Å². The SMILES string of the molecule is CN(Cc1cscn1)C(=O)C1(C)CCNC1. The van der Waals surface area contributed by atoms with Crippen LogP contribution in [0.15, 0.2) is 10.9 Å². The number of rotatable bonds is 3. The highest BCUT2D eigenvalue weighted by Gasteiger charge is 2.38. The van der Waals surface area contributed by atoms with Crippen molar-refractivity contribution >= 4 is 17.2 Å². The maximum absolute atomic E-state index is 12.3. The molecule has 0 bridgehead atoms. The summed E-state index contributed by atoms with van der Waals surface area (Å²) in [6.07, 6.45) is 0.924. The molecule has 0 saturated carbocycles. The van der Waals surface area contributed by atoms with Gasteiger partial charge in [-0.2, -0.15) is 0 Å². The van der Waals surface area contributed by atoms with E-state index < -0.39 is 0 Å². The Morgan fingerprint density at radius 2 is 2.56 bits per heavy atom. The van der Waals surface area contributed by atoms with Crippen molar-refractivity contribution in [3.05, 3.63) is 16.6 Å². The van der Waals surface area contributed by atoms with E-state index in [4.69, 9.17) is 0 Å². The number of thiazole rings is 1. The van der Waals surface area contributed by atoms with Crippen LogP contribution in [-0.4, -0.2) is 35.9 Å². The van der Waals surface area contributed by atoms with Crippen LogP contribution in [0.2, 0.25) is 0 Å². The van der Waals surface area contributed by atoms with Crippen molar-refractivity contribution in [2.75, 3.05) is 20.1 Å². The fourth-order valence-corrected chi connectivity index (χ4v) is 2.64. The lowest BCUT2D eigenvalue weighted by atomic mass is 9.88. The third-order valence-corrected chi connectivity index (χ3v) is 3.75. The minimum Gasteiger partial charge on any atom is -0.339 e. The minimum absolute atomic E-state index is 0.213.